The van der Waals surface area contributed by atoms with Gasteiger partial charge in [-0.2, -0.15) is 0 Å². The molecule has 4 aromatic heterocycles. The number of thiazole rings is 1. The summed E-state index contributed by atoms with van der Waals surface area (Å²) in [6.07, 6.45) is 4.76. The van der Waals surface area contributed by atoms with Crippen LogP contribution in [0.5, 0.6) is 0 Å². The van der Waals surface area contributed by atoms with Crippen LogP contribution < -0.4 is 11.1 Å². The second-order valence-electron chi connectivity index (χ2n) is 7.23. The van der Waals surface area contributed by atoms with Gasteiger partial charge in [0.25, 0.3) is 11.1 Å². The molecule has 4 heterocycles. The molecule has 1 aromatic carbocycles. The van der Waals surface area contributed by atoms with Crippen molar-refractivity contribution in [3.8, 4) is 0 Å². The molecule has 0 aliphatic heterocycles. The molecule has 5 rings (SSSR count). The van der Waals surface area contributed by atoms with Crippen molar-refractivity contribution in [2.24, 2.45) is 0 Å². The van der Waals surface area contributed by atoms with Gasteiger partial charge < -0.3 is 0 Å². The lowest BCUT2D eigenvalue weighted by atomic mass is 10.2. The Morgan fingerprint density at radius 1 is 1.13 bits per heavy atom. The van der Waals surface area contributed by atoms with Crippen molar-refractivity contribution in [3.63, 3.8) is 0 Å². The molecule has 158 valence electrons. The van der Waals surface area contributed by atoms with E-state index in [1.165, 1.54) is 27.5 Å². The largest absolute Gasteiger partial charge is 0.276 e. The van der Waals surface area contributed by atoms with Crippen molar-refractivity contribution in [3.05, 3.63) is 68.3 Å². The zero-order chi connectivity index (χ0) is 21.4. The highest BCUT2D eigenvalue weighted by Gasteiger charge is 2.17. The van der Waals surface area contributed by atoms with Crippen LogP contribution in [-0.4, -0.2) is 28.5 Å². The molecule has 0 bridgehead atoms. The summed E-state index contributed by atoms with van der Waals surface area (Å²) in [5.74, 6) is 1.03. The fourth-order valence-electron chi connectivity index (χ4n) is 3.65. The van der Waals surface area contributed by atoms with Gasteiger partial charge in [-0.3, -0.25) is 23.0 Å². The van der Waals surface area contributed by atoms with E-state index in [0.29, 0.717) is 39.3 Å². The van der Waals surface area contributed by atoms with E-state index in [0.717, 1.165) is 24.8 Å². The number of para-hydroxylation sites is 1. The van der Waals surface area contributed by atoms with Gasteiger partial charge in [-0.15, -0.1) is 21.5 Å². The summed E-state index contributed by atoms with van der Waals surface area (Å²) in [6, 6.07) is 9.08. The Balaban J connectivity index is 1.57. The van der Waals surface area contributed by atoms with Crippen LogP contribution in [-0.2, 0) is 12.3 Å². The minimum absolute atomic E-state index is 0.0408. The molecule has 0 aliphatic carbocycles. The van der Waals surface area contributed by atoms with Gasteiger partial charge in [-0.05, 0) is 18.6 Å². The first kappa shape index (κ1) is 20.0. The lowest BCUT2D eigenvalue weighted by Crippen LogP contribution is -2.23. The van der Waals surface area contributed by atoms with E-state index in [1.54, 1.807) is 16.8 Å². The Labute approximate surface area is 185 Å². The van der Waals surface area contributed by atoms with Gasteiger partial charge >= 0.3 is 0 Å². The van der Waals surface area contributed by atoms with E-state index in [4.69, 9.17) is 0 Å². The molecule has 0 aliphatic rings. The molecule has 0 fully saturated rings. The highest BCUT2D eigenvalue weighted by atomic mass is 32.2. The molecule has 5 aromatic rings. The zero-order valence-corrected chi connectivity index (χ0v) is 18.5. The number of fused-ring (bicyclic) bond motifs is 4. The number of benzene rings is 1. The monoisotopic (exact) mass is 452 g/mol. The molecule has 0 N–H and O–H groups in total. The van der Waals surface area contributed by atoms with E-state index >= 15 is 0 Å². The fraction of sp³-hybridized carbons (Fsp3) is 0.286. The van der Waals surface area contributed by atoms with Gasteiger partial charge in [-0.1, -0.05) is 43.7 Å². The first-order chi connectivity index (χ1) is 15.2. The maximum absolute atomic E-state index is 13.1. The van der Waals surface area contributed by atoms with Crippen LogP contribution in [0.4, 0.5) is 0 Å². The highest BCUT2D eigenvalue weighted by Crippen LogP contribution is 2.24. The molecule has 31 heavy (non-hydrogen) atoms. The Kier molecular flexibility index (Phi) is 5.33. The van der Waals surface area contributed by atoms with Gasteiger partial charge in [-0.25, -0.2) is 4.98 Å². The Bertz CT molecular complexity index is 1510. The van der Waals surface area contributed by atoms with E-state index in [-0.39, 0.29) is 11.1 Å². The smallest absolute Gasteiger partial charge is 0.262 e. The summed E-state index contributed by atoms with van der Waals surface area (Å²) in [6.45, 7) is 2.75. The Hall–Kier alpha value is -2.98. The van der Waals surface area contributed by atoms with Crippen LogP contribution in [0.1, 0.15) is 31.9 Å². The van der Waals surface area contributed by atoms with Crippen LogP contribution in [0, 0.1) is 0 Å². The minimum atomic E-state index is -0.0943. The molecule has 8 nitrogen and oxygen atoms in total. The molecule has 0 saturated carbocycles. The third kappa shape index (κ3) is 3.55. The third-order valence-electron chi connectivity index (χ3n) is 5.17. The number of rotatable bonds is 7. The predicted octanol–water partition coefficient (Wildman–Crippen LogP) is 3.60. The van der Waals surface area contributed by atoms with Gasteiger partial charge in [0.2, 0.25) is 5.78 Å². The molecule has 0 amide bonds. The number of hydrogen-bond acceptors (Lipinski definition) is 7. The molecular formula is C21H20N6O2S2. The van der Waals surface area contributed by atoms with Crippen molar-refractivity contribution in [1.82, 2.24) is 28.5 Å². The number of unbranched alkanes of at least 4 members (excludes halogenated alkanes) is 2. The zero-order valence-electron chi connectivity index (χ0n) is 16.9. The van der Waals surface area contributed by atoms with Crippen molar-refractivity contribution in [2.45, 2.75) is 43.6 Å². The molecule has 0 spiro atoms. The van der Waals surface area contributed by atoms with Crippen LogP contribution in [0.3, 0.4) is 0 Å². The van der Waals surface area contributed by atoms with Crippen LogP contribution in [0.15, 0.2) is 56.7 Å². The highest BCUT2D eigenvalue weighted by molar-refractivity contribution is 7.98. The summed E-state index contributed by atoms with van der Waals surface area (Å²) in [5, 5.41) is 11.9. The molecule has 0 saturated heterocycles. The van der Waals surface area contributed by atoms with Crippen molar-refractivity contribution >= 4 is 44.7 Å². The van der Waals surface area contributed by atoms with Crippen LogP contribution in [0.25, 0.3) is 21.6 Å². The van der Waals surface area contributed by atoms with Gasteiger partial charge in [0.05, 0.1) is 16.6 Å². The molecule has 0 unspecified atom stereocenters. The van der Waals surface area contributed by atoms with Crippen molar-refractivity contribution < 1.29 is 0 Å². The molecular weight excluding hydrogens is 432 g/mol. The van der Waals surface area contributed by atoms with E-state index in [2.05, 4.69) is 22.1 Å². The summed E-state index contributed by atoms with van der Waals surface area (Å²) < 4.78 is 5.19. The number of hydrogen-bond donors (Lipinski definition) is 0. The SMILES string of the molecule is CCCCCn1c(=O)c2ccccc2n2c(SCc3cc(=O)n4ccsc4n3)nnc12. The predicted molar refractivity (Wildman–Crippen MR) is 123 cm³/mol. The Morgan fingerprint density at radius 2 is 2.00 bits per heavy atom. The second-order valence-corrected chi connectivity index (χ2v) is 9.04. The normalized spacial score (nSPS) is 11.8. The average Bonchev–Trinajstić information content (AvgIpc) is 3.42. The number of nitrogens with zero attached hydrogens (tertiary/aromatic N) is 6. The molecule has 0 radical (unpaired) electrons. The Morgan fingerprint density at radius 3 is 2.87 bits per heavy atom. The topological polar surface area (TPSA) is 86.6 Å². The quantitative estimate of drug-likeness (QED) is 0.277. The minimum Gasteiger partial charge on any atom is -0.276 e. The first-order valence-corrected chi connectivity index (χ1v) is 12.0. The van der Waals surface area contributed by atoms with Gasteiger partial charge in [0.1, 0.15) is 0 Å². The van der Waals surface area contributed by atoms with Crippen molar-refractivity contribution in [2.75, 3.05) is 0 Å². The third-order valence-corrected chi connectivity index (χ3v) is 6.89. The summed E-state index contributed by atoms with van der Waals surface area (Å²) >= 11 is 2.88. The standard InChI is InChI=1S/C21H20N6O2S2/c1-2-3-6-9-26-18(29)15-7-4-5-8-16(15)27-19(26)23-24-21(27)31-13-14-12-17(28)25-10-11-30-20(25)22-14/h4-5,7-8,10-12H,2-3,6,9,13H2,1H3. The van der Waals surface area contributed by atoms with Gasteiger partial charge in [0.15, 0.2) is 10.1 Å². The van der Waals surface area contributed by atoms with Gasteiger partial charge in [0, 0.05) is 29.9 Å². The van der Waals surface area contributed by atoms with E-state index in [9.17, 15) is 9.59 Å². The lowest BCUT2D eigenvalue weighted by Gasteiger charge is -2.11. The summed E-state index contributed by atoms with van der Waals surface area (Å²) in [5.41, 5.74) is 1.34. The number of aromatic nitrogens is 6. The number of aryl methyl sites for hydroxylation is 1. The van der Waals surface area contributed by atoms with E-state index in [1.807, 2.05) is 34.0 Å². The van der Waals surface area contributed by atoms with Crippen LogP contribution in [0.2, 0.25) is 0 Å². The molecule has 0 atom stereocenters. The average molecular weight is 453 g/mol. The number of thioether (sulfide) groups is 1. The summed E-state index contributed by atoms with van der Waals surface area (Å²) in [4.78, 5) is 30.6. The maximum Gasteiger partial charge on any atom is 0.262 e. The van der Waals surface area contributed by atoms with E-state index < -0.39 is 0 Å². The summed E-state index contributed by atoms with van der Waals surface area (Å²) in [7, 11) is 0. The second kappa shape index (κ2) is 8.27. The lowest BCUT2D eigenvalue weighted by molar-refractivity contribution is 0.594. The fourth-order valence-corrected chi connectivity index (χ4v) is 5.22. The van der Waals surface area contributed by atoms with Crippen molar-refractivity contribution in [1.29, 1.82) is 0 Å². The maximum atomic E-state index is 13.1. The van der Waals surface area contributed by atoms with Crippen LogP contribution >= 0.6 is 23.1 Å². The molecule has 10 heteroatoms. The first-order valence-electron chi connectivity index (χ1n) is 10.1.